The van der Waals surface area contributed by atoms with Crippen LogP contribution in [0.1, 0.15) is 107 Å². The monoisotopic (exact) mass is 335 g/mol. The van der Waals surface area contributed by atoms with Crippen molar-refractivity contribution in [1.82, 2.24) is 0 Å². The van der Waals surface area contributed by atoms with E-state index in [2.05, 4.69) is 53.7 Å². The predicted molar refractivity (Wildman–Crippen MR) is 100 cm³/mol. The molecule has 0 aliphatic carbocycles. The van der Waals surface area contributed by atoms with Crippen LogP contribution in [0.15, 0.2) is 12.1 Å². The number of benzene rings is 1. The topological polar surface area (TPSA) is 34.1 Å². The minimum atomic E-state index is -1.95. The van der Waals surface area contributed by atoms with Crippen LogP contribution in [0.2, 0.25) is 0 Å². The molecule has 0 spiro atoms. The highest BCUT2D eigenvalue weighted by atomic mass is 31.1. The van der Waals surface area contributed by atoms with Crippen LogP contribution in [-0.4, -0.2) is 10.7 Å². The lowest BCUT2D eigenvalue weighted by Crippen LogP contribution is -2.16. The van der Waals surface area contributed by atoms with Gasteiger partial charge in [0.15, 0.2) is 5.16 Å². The molecule has 0 aliphatic heterocycles. The summed E-state index contributed by atoms with van der Waals surface area (Å²) in [6.45, 7) is 18.4. The van der Waals surface area contributed by atoms with Gasteiger partial charge in [0.05, 0.1) is 5.56 Å². The first kappa shape index (κ1) is 20.0. The Hall–Kier alpha value is -1.01. The van der Waals surface area contributed by atoms with Gasteiger partial charge >= 0.3 is 13.3 Å². The van der Waals surface area contributed by atoms with Gasteiger partial charge in [-0.1, -0.05) is 58.2 Å². The van der Waals surface area contributed by atoms with E-state index in [9.17, 15) is 9.36 Å². The smallest absolute Gasteiger partial charge is 0.234 e. The molecule has 1 rings (SSSR count). The molecule has 128 valence electrons. The predicted octanol–water partition coefficient (Wildman–Crippen LogP) is 6.82. The molecule has 2 nitrogen and oxygen atoms in total. The van der Waals surface area contributed by atoms with Crippen LogP contribution in [0.4, 0.5) is 0 Å². The van der Waals surface area contributed by atoms with Crippen molar-refractivity contribution in [3.63, 3.8) is 0 Å². The zero-order valence-corrected chi connectivity index (χ0v) is 17.0. The Morgan fingerprint density at radius 2 is 1.26 bits per heavy atom. The van der Waals surface area contributed by atoms with Crippen molar-refractivity contribution >= 4 is 13.3 Å². The van der Waals surface area contributed by atoms with Gasteiger partial charge in [0.25, 0.3) is 0 Å². The molecule has 1 aromatic rings. The molecule has 0 amide bonds. The van der Waals surface area contributed by atoms with Crippen LogP contribution >= 0.6 is 7.80 Å². The third-order valence-corrected chi connectivity index (χ3v) is 5.95. The van der Waals surface area contributed by atoms with Gasteiger partial charge in [0.2, 0.25) is 0 Å². The second-order valence-corrected chi connectivity index (χ2v) is 10.6. The molecule has 1 unspecified atom stereocenters. The van der Waals surface area contributed by atoms with Crippen molar-refractivity contribution in [2.45, 2.75) is 85.2 Å². The SMILES string of the molecule is CC(C)c1cc(C(C)C)c(C(=O)[P+](=O)C(C)(C)C)c(C(C)C)c1. The average molecular weight is 335 g/mol. The summed E-state index contributed by atoms with van der Waals surface area (Å²) in [4.78, 5) is 13.0. The molecule has 3 heteroatoms. The minimum Gasteiger partial charge on any atom is -0.234 e. The third kappa shape index (κ3) is 4.51. The largest absolute Gasteiger partial charge is 0.425 e. The number of hydrogen-bond donors (Lipinski definition) is 0. The second kappa shape index (κ2) is 7.26. The molecule has 0 saturated carbocycles. The lowest BCUT2D eigenvalue weighted by atomic mass is 9.85. The lowest BCUT2D eigenvalue weighted by Gasteiger charge is -2.20. The van der Waals surface area contributed by atoms with Gasteiger partial charge in [0, 0.05) is 0 Å². The molecular formula is C20H32O2P+. The molecule has 0 heterocycles. The molecule has 0 fully saturated rings. The Morgan fingerprint density at radius 3 is 1.52 bits per heavy atom. The fraction of sp³-hybridized carbons (Fsp3) is 0.650. The summed E-state index contributed by atoms with van der Waals surface area (Å²) in [5, 5.41) is -0.508. The molecule has 0 aromatic heterocycles. The van der Waals surface area contributed by atoms with E-state index in [4.69, 9.17) is 0 Å². The lowest BCUT2D eigenvalue weighted by molar-refractivity contribution is 0.107. The van der Waals surface area contributed by atoms with E-state index in [1.165, 1.54) is 5.56 Å². The number of hydrogen-bond acceptors (Lipinski definition) is 2. The minimum absolute atomic E-state index is 0.185. The Bertz CT molecular complexity index is 576. The van der Waals surface area contributed by atoms with Gasteiger partial charge in [-0.05, 0) is 55.2 Å². The first-order valence-corrected chi connectivity index (χ1v) is 9.83. The molecule has 0 saturated heterocycles. The van der Waals surface area contributed by atoms with E-state index in [-0.39, 0.29) is 17.4 Å². The Labute approximate surface area is 142 Å². The molecule has 1 aromatic carbocycles. The highest BCUT2D eigenvalue weighted by molar-refractivity contribution is 7.66. The van der Waals surface area contributed by atoms with Crippen LogP contribution in [0.3, 0.4) is 0 Å². The van der Waals surface area contributed by atoms with E-state index in [1.54, 1.807) is 0 Å². The number of carbonyl (C=O) groups excluding carboxylic acids is 1. The van der Waals surface area contributed by atoms with Crippen LogP contribution in [-0.2, 0) is 4.57 Å². The Kier molecular flexibility index (Phi) is 6.32. The summed E-state index contributed by atoms with van der Waals surface area (Å²) in [5.74, 6) is 0.868. The van der Waals surface area contributed by atoms with E-state index in [1.807, 2.05) is 20.8 Å². The quantitative estimate of drug-likeness (QED) is 0.553. The van der Waals surface area contributed by atoms with Crippen LogP contribution in [0.25, 0.3) is 0 Å². The van der Waals surface area contributed by atoms with Crippen molar-refractivity contribution in [2.75, 3.05) is 0 Å². The van der Waals surface area contributed by atoms with Gasteiger partial charge in [-0.25, -0.2) is 4.79 Å². The first-order valence-electron chi connectivity index (χ1n) is 8.57. The maximum atomic E-state index is 13.0. The van der Waals surface area contributed by atoms with Crippen molar-refractivity contribution in [2.24, 2.45) is 0 Å². The number of carbonyl (C=O) groups is 1. The Morgan fingerprint density at radius 1 is 0.870 bits per heavy atom. The highest BCUT2D eigenvalue weighted by Crippen LogP contribution is 2.44. The van der Waals surface area contributed by atoms with Crippen LogP contribution in [0.5, 0.6) is 0 Å². The maximum Gasteiger partial charge on any atom is 0.425 e. The van der Waals surface area contributed by atoms with Crippen molar-refractivity contribution in [3.05, 3.63) is 34.4 Å². The van der Waals surface area contributed by atoms with E-state index >= 15 is 0 Å². The maximum absolute atomic E-state index is 13.0. The average Bonchev–Trinajstić information content (AvgIpc) is 2.42. The molecule has 0 bridgehead atoms. The molecule has 1 atom stereocenters. The molecular weight excluding hydrogens is 303 g/mol. The summed E-state index contributed by atoms with van der Waals surface area (Å²) in [6, 6.07) is 4.28. The summed E-state index contributed by atoms with van der Waals surface area (Å²) in [5.41, 5.74) is 3.85. The molecule has 0 radical (unpaired) electrons. The zero-order chi connectivity index (χ0) is 18.1. The summed E-state index contributed by atoms with van der Waals surface area (Å²) in [6.07, 6.45) is 0. The highest BCUT2D eigenvalue weighted by Gasteiger charge is 2.45. The summed E-state index contributed by atoms with van der Waals surface area (Å²) >= 11 is 0. The summed E-state index contributed by atoms with van der Waals surface area (Å²) in [7, 11) is -1.95. The third-order valence-electron chi connectivity index (χ3n) is 4.14. The van der Waals surface area contributed by atoms with Crippen molar-refractivity contribution < 1.29 is 9.36 Å². The standard InChI is InChI=1S/C20H32O2P/c1-12(2)15-10-16(13(3)4)18(17(11-15)14(5)6)19(21)23(22)20(7,8)9/h10-14H,1-9H3/q+1. The van der Waals surface area contributed by atoms with Gasteiger partial charge < -0.3 is 0 Å². The van der Waals surface area contributed by atoms with E-state index in [0.717, 1.165) is 11.1 Å². The first-order chi connectivity index (χ1) is 10.4. The van der Waals surface area contributed by atoms with Gasteiger partial charge in [0.1, 0.15) is 0 Å². The van der Waals surface area contributed by atoms with Crippen molar-refractivity contribution in [3.8, 4) is 0 Å². The molecule has 0 N–H and O–H groups in total. The molecule has 23 heavy (non-hydrogen) atoms. The number of rotatable bonds is 5. The normalized spacial score (nSPS) is 13.1. The molecule has 0 aliphatic rings. The van der Waals surface area contributed by atoms with E-state index in [0.29, 0.717) is 11.5 Å². The summed E-state index contributed by atoms with van der Waals surface area (Å²) < 4.78 is 12.7. The fourth-order valence-corrected chi connectivity index (χ4v) is 3.68. The van der Waals surface area contributed by atoms with Crippen LogP contribution in [0, 0.1) is 0 Å². The van der Waals surface area contributed by atoms with Crippen LogP contribution < -0.4 is 0 Å². The Balaban J connectivity index is 3.68. The second-order valence-electron chi connectivity index (χ2n) is 8.31. The zero-order valence-electron chi connectivity index (χ0n) is 16.2. The van der Waals surface area contributed by atoms with Gasteiger partial charge in [-0.2, -0.15) is 0 Å². The van der Waals surface area contributed by atoms with E-state index < -0.39 is 13.0 Å². The fourth-order valence-electron chi connectivity index (χ4n) is 2.61. The van der Waals surface area contributed by atoms with Crippen molar-refractivity contribution in [1.29, 1.82) is 0 Å². The van der Waals surface area contributed by atoms with Gasteiger partial charge in [-0.15, -0.1) is 0 Å². The van der Waals surface area contributed by atoms with Gasteiger partial charge in [-0.3, -0.25) is 0 Å².